The highest BCUT2D eigenvalue weighted by Gasteiger charge is 2.37. The Hall–Kier alpha value is -3.33. The van der Waals surface area contributed by atoms with Crippen molar-refractivity contribution < 1.29 is 23.9 Å². The number of carbonyl (C=O) groups excluding carboxylic acids is 4. The monoisotopic (exact) mass is 455 g/mol. The molecule has 2 aromatic rings. The van der Waals surface area contributed by atoms with Gasteiger partial charge >= 0.3 is 5.97 Å². The molecule has 2 atom stereocenters. The predicted octanol–water partition coefficient (Wildman–Crippen LogP) is 3.29. The first-order valence-corrected chi connectivity index (χ1v) is 11.3. The number of rotatable bonds is 7. The molecule has 0 saturated carbocycles. The minimum absolute atomic E-state index is 0.0429. The molecular weight excluding hydrogens is 430 g/mol. The highest BCUT2D eigenvalue weighted by atomic mass is 32.2. The molecule has 1 aliphatic heterocycles. The third kappa shape index (κ3) is 5.88. The van der Waals surface area contributed by atoms with E-state index in [1.807, 2.05) is 30.5 Å². The lowest BCUT2D eigenvalue weighted by atomic mass is 10.1. The maximum atomic E-state index is 12.6. The lowest BCUT2D eigenvalue weighted by molar-refractivity contribution is -0.157. The predicted molar refractivity (Wildman–Crippen MR) is 124 cm³/mol. The fourth-order valence-electron chi connectivity index (χ4n) is 3.30. The van der Waals surface area contributed by atoms with E-state index in [0.29, 0.717) is 11.4 Å². The zero-order chi connectivity index (χ0) is 23.3. The molecule has 1 fully saturated rings. The first kappa shape index (κ1) is 23.3. The Labute approximate surface area is 190 Å². The van der Waals surface area contributed by atoms with Gasteiger partial charge in [0.15, 0.2) is 6.10 Å². The summed E-state index contributed by atoms with van der Waals surface area (Å²) in [7, 11) is 0. The summed E-state index contributed by atoms with van der Waals surface area (Å²) >= 11 is 1.57. The quantitative estimate of drug-likeness (QED) is 0.490. The molecule has 3 amide bonds. The number of esters is 1. The Kier molecular flexibility index (Phi) is 7.53. The lowest BCUT2D eigenvalue weighted by Gasteiger charge is -2.18. The van der Waals surface area contributed by atoms with Crippen LogP contribution < -0.4 is 15.5 Å². The number of benzene rings is 2. The third-order valence-corrected chi connectivity index (χ3v) is 5.68. The van der Waals surface area contributed by atoms with Crippen LogP contribution in [0.2, 0.25) is 0 Å². The second kappa shape index (κ2) is 10.3. The minimum atomic E-state index is -1.03. The number of amides is 3. The second-order valence-electron chi connectivity index (χ2n) is 7.43. The summed E-state index contributed by atoms with van der Waals surface area (Å²) in [6.07, 6.45) is 0.970. The molecule has 2 N–H and O–H groups in total. The van der Waals surface area contributed by atoms with Crippen molar-refractivity contribution in [3.05, 3.63) is 48.5 Å². The van der Waals surface area contributed by atoms with Crippen molar-refractivity contribution in [2.24, 2.45) is 5.92 Å². The number of nitrogens with zero attached hydrogens (tertiary/aromatic N) is 1. The van der Waals surface area contributed by atoms with E-state index in [1.54, 1.807) is 40.9 Å². The zero-order valence-electron chi connectivity index (χ0n) is 18.1. The minimum Gasteiger partial charge on any atom is -0.452 e. The molecule has 0 aliphatic carbocycles. The van der Waals surface area contributed by atoms with Gasteiger partial charge < -0.3 is 20.3 Å². The maximum absolute atomic E-state index is 12.6. The summed E-state index contributed by atoms with van der Waals surface area (Å²) in [5.41, 5.74) is 1.85. The van der Waals surface area contributed by atoms with Crippen LogP contribution in [0.1, 0.15) is 20.3 Å². The van der Waals surface area contributed by atoms with Crippen LogP contribution in [-0.4, -0.2) is 42.6 Å². The second-order valence-corrected chi connectivity index (χ2v) is 8.31. The van der Waals surface area contributed by atoms with Crippen molar-refractivity contribution in [3.8, 4) is 0 Å². The van der Waals surface area contributed by atoms with Crippen LogP contribution in [0.25, 0.3) is 0 Å². The van der Waals surface area contributed by atoms with Crippen molar-refractivity contribution in [1.29, 1.82) is 0 Å². The van der Waals surface area contributed by atoms with Crippen LogP contribution in [0.15, 0.2) is 53.4 Å². The molecule has 0 unspecified atom stereocenters. The number of carbonyl (C=O) groups is 4. The molecular formula is C23H25N3O5S. The van der Waals surface area contributed by atoms with E-state index in [1.165, 1.54) is 13.8 Å². The van der Waals surface area contributed by atoms with Crippen molar-refractivity contribution in [3.63, 3.8) is 0 Å². The van der Waals surface area contributed by atoms with Crippen LogP contribution in [-0.2, 0) is 23.9 Å². The summed E-state index contributed by atoms with van der Waals surface area (Å²) < 4.78 is 5.33. The van der Waals surface area contributed by atoms with Gasteiger partial charge in [0.05, 0.1) is 5.92 Å². The molecule has 0 aromatic heterocycles. The Morgan fingerprint density at radius 1 is 1.09 bits per heavy atom. The summed E-state index contributed by atoms with van der Waals surface area (Å²) in [4.78, 5) is 51.1. The van der Waals surface area contributed by atoms with Gasteiger partial charge in [-0.3, -0.25) is 19.2 Å². The molecule has 1 aliphatic rings. The van der Waals surface area contributed by atoms with Gasteiger partial charge in [0, 0.05) is 41.8 Å². The zero-order valence-corrected chi connectivity index (χ0v) is 18.9. The van der Waals surface area contributed by atoms with Gasteiger partial charge in [-0.15, -0.1) is 11.8 Å². The van der Waals surface area contributed by atoms with E-state index in [2.05, 4.69) is 10.6 Å². The van der Waals surface area contributed by atoms with Crippen molar-refractivity contribution >= 4 is 52.5 Å². The van der Waals surface area contributed by atoms with E-state index >= 15 is 0 Å². The molecule has 0 radical (unpaired) electrons. The van der Waals surface area contributed by atoms with Gasteiger partial charge in [-0.2, -0.15) is 0 Å². The Morgan fingerprint density at radius 2 is 1.75 bits per heavy atom. The Morgan fingerprint density at radius 3 is 2.38 bits per heavy atom. The molecule has 3 rings (SSSR count). The van der Waals surface area contributed by atoms with E-state index in [0.717, 1.165) is 10.6 Å². The van der Waals surface area contributed by atoms with E-state index in [4.69, 9.17) is 4.74 Å². The van der Waals surface area contributed by atoms with Crippen LogP contribution in [0.4, 0.5) is 17.1 Å². The maximum Gasteiger partial charge on any atom is 0.312 e. The van der Waals surface area contributed by atoms with Crippen molar-refractivity contribution in [1.82, 2.24) is 0 Å². The molecule has 168 valence electrons. The molecule has 8 nitrogen and oxygen atoms in total. The summed E-state index contributed by atoms with van der Waals surface area (Å²) in [6, 6.07) is 14.1. The fourth-order valence-corrected chi connectivity index (χ4v) is 3.75. The van der Waals surface area contributed by atoms with Crippen molar-refractivity contribution in [2.45, 2.75) is 31.3 Å². The SMILES string of the molecule is CSc1cccc(N2C[C@H](C(=O)O[C@@H](C)C(=O)Nc3ccc(NC(C)=O)cc3)CC2=O)c1. The van der Waals surface area contributed by atoms with Gasteiger partial charge in [-0.25, -0.2) is 0 Å². The van der Waals surface area contributed by atoms with Gasteiger partial charge in [0.2, 0.25) is 11.8 Å². The van der Waals surface area contributed by atoms with Gasteiger partial charge in [-0.1, -0.05) is 6.07 Å². The van der Waals surface area contributed by atoms with E-state index in [-0.39, 0.29) is 24.8 Å². The number of ether oxygens (including phenoxy) is 1. The Bertz CT molecular complexity index is 1020. The standard InChI is InChI=1S/C23H25N3O5S/c1-14(22(29)25-18-9-7-17(8-10-18)24-15(2)27)31-23(30)16-11-21(28)26(13-16)19-5-4-6-20(12-19)32-3/h4-10,12,14,16H,11,13H2,1-3H3,(H,24,27)(H,25,29)/t14-,16+/m0/s1. The first-order valence-electron chi connectivity index (χ1n) is 10.1. The molecule has 1 saturated heterocycles. The van der Waals surface area contributed by atoms with E-state index in [9.17, 15) is 19.2 Å². The van der Waals surface area contributed by atoms with Gasteiger partial charge in [-0.05, 0) is 55.6 Å². The van der Waals surface area contributed by atoms with Crippen molar-refractivity contribution in [2.75, 3.05) is 28.3 Å². The molecule has 1 heterocycles. The number of thioether (sulfide) groups is 1. The number of nitrogens with one attached hydrogen (secondary N) is 2. The topological polar surface area (TPSA) is 105 Å². The van der Waals surface area contributed by atoms with E-state index < -0.39 is 23.9 Å². The average molecular weight is 456 g/mol. The molecule has 0 bridgehead atoms. The average Bonchev–Trinajstić information content (AvgIpc) is 3.16. The fraction of sp³-hybridized carbons (Fsp3) is 0.304. The first-order chi connectivity index (χ1) is 15.3. The highest BCUT2D eigenvalue weighted by Crippen LogP contribution is 2.29. The third-order valence-electron chi connectivity index (χ3n) is 4.96. The Balaban J connectivity index is 1.55. The smallest absolute Gasteiger partial charge is 0.312 e. The summed E-state index contributed by atoms with van der Waals surface area (Å²) in [6.45, 7) is 3.11. The molecule has 2 aromatic carbocycles. The summed E-state index contributed by atoms with van der Waals surface area (Å²) in [5.74, 6) is -2.04. The largest absolute Gasteiger partial charge is 0.452 e. The molecule has 9 heteroatoms. The van der Waals surface area contributed by atoms with Crippen LogP contribution in [0.5, 0.6) is 0 Å². The van der Waals surface area contributed by atoms with Gasteiger partial charge in [0.25, 0.3) is 5.91 Å². The van der Waals surface area contributed by atoms with Gasteiger partial charge in [0.1, 0.15) is 0 Å². The van der Waals surface area contributed by atoms with Crippen LogP contribution in [0, 0.1) is 5.92 Å². The van der Waals surface area contributed by atoms with Crippen LogP contribution >= 0.6 is 11.8 Å². The number of anilines is 3. The molecule has 32 heavy (non-hydrogen) atoms. The number of hydrogen-bond acceptors (Lipinski definition) is 6. The molecule has 0 spiro atoms. The highest BCUT2D eigenvalue weighted by molar-refractivity contribution is 7.98. The van der Waals surface area contributed by atoms with Crippen LogP contribution in [0.3, 0.4) is 0 Å². The summed E-state index contributed by atoms with van der Waals surface area (Å²) in [5, 5.41) is 5.30. The lowest BCUT2D eigenvalue weighted by Crippen LogP contribution is -2.33. The normalized spacial score (nSPS) is 16.4. The number of hydrogen-bond donors (Lipinski definition) is 2.